The quantitative estimate of drug-likeness (QED) is 0.872. The summed E-state index contributed by atoms with van der Waals surface area (Å²) in [5, 5.41) is 8.98. The molecule has 0 unspecified atom stereocenters. The van der Waals surface area contributed by atoms with E-state index < -0.39 is 0 Å². The minimum absolute atomic E-state index is 0.0922. The van der Waals surface area contributed by atoms with E-state index in [-0.39, 0.29) is 6.61 Å². The molecule has 17 heavy (non-hydrogen) atoms. The van der Waals surface area contributed by atoms with E-state index in [1.807, 2.05) is 42.5 Å². The van der Waals surface area contributed by atoms with Crippen molar-refractivity contribution in [1.29, 1.82) is 0 Å². The Morgan fingerprint density at radius 3 is 2.24 bits per heavy atom. The van der Waals surface area contributed by atoms with Gasteiger partial charge in [0.15, 0.2) is 0 Å². The highest BCUT2D eigenvalue weighted by Crippen LogP contribution is 2.21. The number of aliphatic hydroxyl groups is 1. The molecule has 0 spiro atoms. The Kier molecular flexibility index (Phi) is 3.78. The van der Waals surface area contributed by atoms with Gasteiger partial charge in [0.25, 0.3) is 0 Å². The molecule has 0 saturated carbocycles. The molecule has 0 aliphatic rings. The summed E-state index contributed by atoms with van der Waals surface area (Å²) in [5.41, 5.74) is 3.33. The molecule has 0 aliphatic heterocycles. The summed E-state index contributed by atoms with van der Waals surface area (Å²) in [7, 11) is 1.69. The van der Waals surface area contributed by atoms with Gasteiger partial charge in [0, 0.05) is 6.42 Å². The molecule has 0 amide bonds. The number of aliphatic hydroxyl groups excluding tert-OH is 1. The standard InChI is InChI=1S/C15H16O2/c1-17-15-5-3-2-4-14(15)10-12-6-8-13(11-16)9-7-12/h2-9,16H,10-11H2,1H3. The molecule has 2 rings (SSSR count). The van der Waals surface area contributed by atoms with Gasteiger partial charge in [-0.25, -0.2) is 0 Å². The van der Waals surface area contributed by atoms with Crippen LogP contribution >= 0.6 is 0 Å². The zero-order chi connectivity index (χ0) is 12.1. The van der Waals surface area contributed by atoms with Gasteiger partial charge in [-0.05, 0) is 22.8 Å². The summed E-state index contributed by atoms with van der Waals surface area (Å²) in [4.78, 5) is 0. The molecule has 2 aromatic rings. The van der Waals surface area contributed by atoms with Gasteiger partial charge >= 0.3 is 0 Å². The van der Waals surface area contributed by atoms with Crippen LogP contribution in [0.15, 0.2) is 48.5 Å². The SMILES string of the molecule is COc1ccccc1Cc1ccc(CO)cc1. The van der Waals surface area contributed by atoms with Crippen molar-refractivity contribution in [2.75, 3.05) is 7.11 Å². The van der Waals surface area contributed by atoms with Crippen LogP contribution in [0, 0.1) is 0 Å². The highest BCUT2D eigenvalue weighted by Gasteiger charge is 2.02. The maximum absolute atomic E-state index is 8.98. The summed E-state index contributed by atoms with van der Waals surface area (Å²) < 4.78 is 5.32. The molecule has 0 bridgehead atoms. The van der Waals surface area contributed by atoms with Crippen molar-refractivity contribution in [3.05, 3.63) is 65.2 Å². The van der Waals surface area contributed by atoms with Gasteiger partial charge in [0.05, 0.1) is 13.7 Å². The summed E-state index contributed by atoms with van der Waals surface area (Å²) in [5.74, 6) is 0.915. The first-order valence-corrected chi connectivity index (χ1v) is 5.64. The third kappa shape index (κ3) is 2.86. The largest absolute Gasteiger partial charge is 0.496 e. The second-order valence-electron chi connectivity index (χ2n) is 3.96. The fourth-order valence-corrected chi connectivity index (χ4v) is 1.83. The molecule has 1 N–H and O–H groups in total. The average molecular weight is 228 g/mol. The van der Waals surface area contributed by atoms with Crippen LogP contribution in [0.3, 0.4) is 0 Å². The number of benzene rings is 2. The molecule has 0 aromatic heterocycles. The predicted molar refractivity (Wildman–Crippen MR) is 68.2 cm³/mol. The minimum Gasteiger partial charge on any atom is -0.496 e. The lowest BCUT2D eigenvalue weighted by molar-refractivity contribution is 0.282. The third-order valence-electron chi connectivity index (χ3n) is 2.79. The fraction of sp³-hybridized carbons (Fsp3) is 0.200. The first-order chi connectivity index (χ1) is 8.33. The van der Waals surface area contributed by atoms with Crippen molar-refractivity contribution < 1.29 is 9.84 Å². The van der Waals surface area contributed by atoms with Crippen LogP contribution in [0.5, 0.6) is 5.75 Å². The number of hydrogen-bond donors (Lipinski definition) is 1. The molecular formula is C15H16O2. The van der Waals surface area contributed by atoms with Crippen LogP contribution < -0.4 is 4.74 Å². The Bertz CT molecular complexity index is 475. The number of rotatable bonds is 4. The Morgan fingerprint density at radius 2 is 1.59 bits per heavy atom. The van der Waals surface area contributed by atoms with Crippen LogP contribution in [0.1, 0.15) is 16.7 Å². The summed E-state index contributed by atoms with van der Waals surface area (Å²) in [6, 6.07) is 16.0. The van der Waals surface area contributed by atoms with Gasteiger partial charge in [0.1, 0.15) is 5.75 Å². The second-order valence-corrected chi connectivity index (χ2v) is 3.96. The molecule has 0 heterocycles. The first kappa shape index (κ1) is 11.7. The van der Waals surface area contributed by atoms with E-state index in [9.17, 15) is 0 Å². The number of ether oxygens (including phenoxy) is 1. The lowest BCUT2D eigenvalue weighted by atomic mass is 10.0. The van der Waals surface area contributed by atoms with Gasteiger partial charge in [-0.1, -0.05) is 42.5 Å². The lowest BCUT2D eigenvalue weighted by Gasteiger charge is -2.08. The van der Waals surface area contributed by atoms with Crippen molar-refractivity contribution in [1.82, 2.24) is 0 Å². The van der Waals surface area contributed by atoms with Crippen LogP contribution in [-0.4, -0.2) is 12.2 Å². The van der Waals surface area contributed by atoms with Gasteiger partial charge in [-0.2, -0.15) is 0 Å². The molecule has 0 atom stereocenters. The van der Waals surface area contributed by atoms with Crippen molar-refractivity contribution in [3.8, 4) is 5.75 Å². The van der Waals surface area contributed by atoms with Gasteiger partial charge in [-0.15, -0.1) is 0 Å². The fourth-order valence-electron chi connectivity index (χ4n) is 1.83. The Balaban J connectivity index is 2.19. The Labute approximate surface area is 101 Å². The van der Waals surface area contributed by atoms with Gasteiger partial charge in [0.2, 0.25) is 0 Å². The number of para-hydroxylation sites is 1. The summed E-state index contributed by atoms with van der Waals surface area (Å²) in [6.07, 6.45) is 0.843. The van der Waals surface area contributed by atoms with Crippen molar-refractivity contribution in [2.24, 2.45) is 0 Å². The molecule has 88 valence electrons. The highest BCUT2D eigenvalue weighted by atomic mass is 16.5. The average Bonchev–Trinajstić information content (AvgIpc) is 2.40. The summed E-state index contributed by atoms with van der Waals surface area (Å²) in [6.45, 7) is 0.0922. The van der Waals surface area contributed by atoms with E-state index in [1.54, 1.807) is 7.11 Å². The molecule has 2 nitrogen and oxygen atoms in total. The Morgan fingerprint density at radius 1 is 0.941 bits per heavy atom. The van der Waals surface area contributed by atoms with Gasteiger partial charge < -0.3 is 9.84 Å². The van der Waals surface area contributed by atoms with E-state index in [0.29, 0.717) is 0 Å². The van der Waals surface area contributed by atoms with E-state index in [1.165, 1.54) is 11.1 Å². The monoisotopic (exact) mass is 228 g/mol. The maximum Gasteiger partial charge on any atom is 0.122 e. The van der Waals surface area contributed by atoms with Crippen LogP contribution in [0.25, 0.3) is 0 Å². The number of hydrogen-bond acceptors (Lipinski definition) is 2. The second kappa shape index (κ2) is 5.51. The lowest BCUT2D eigenvalue weighted by Crippen LogP contribution is -1.93. The smallest absolute Gasteiger partial charge is 0.122 e. The third-order valence-corrected chi connectivity index (χ3v) is 2.79. The topological polar surface area (TPSA) is 29.5 Å². The summed E-state index contributed by atoms with van der Waals surface area (Å²) >= 11 is 0. The van der Waals surface area contributed by atoms with E-state index in [2.05, 4.69) is 6.07 Å². The zero-order valence-corrected chi connectivity index (χ0v) is 9.89. The van der Waals surface area contributed by atoms with E-state index >= 15 is 0 Å². The van der Waals surface area contributed by atoms with Gasteiger partial charge in [-0.3, -0.25) is 0 Å². The van der Waals surface area contributed by atoms with Crippen molar-refractivity contribution in [2.45, 2.75) is 13.0 Å². The van der Waals surface area contributed by atoms with E-state index in [4.69, 9.17) is 9.84 Å². The molecule has 0 aliphatic carbocycles. The minimum atomic E-state index is 0.0922. The van der Waals surface area contributed by atoms with Crippen molar-refractivity contribution >= 4 is 0 Å². The maximum atomic E-state index is 8.98. The molecule has 0 radical (unpaired) electrons. The van der Waals surface area contributed by atoms with Crippen LogP contribution in [0.4, 0.5) is 0 Å². The molecule has 0 fully saturated rings. The van der Waals surface area contributed by atoms with Crippen LogP contribution in [-0.2, 0) is 13.0 Å². The zero-order valence-electron chi connectivity index (χ0n) is 9.89. The molecule has 2 heteroatoms. The van der Waals surface area contributed by atoms with Crippen molar-refractivity contribution in [3.63, 3.8) is 0 Å². The van der Waals surface area contributed by atoms with E-state index in [0.717, 1.165) is 17.7 Å². The Hall–Kier alpha value is -1.80. The molecule has 2 aromatic carbocycles. The molecule has 0 saturated heterocycles. The molecular weight excluding hydrogens is 212 g/mol. The predicted octanol–water partition coefficient (Wildman–Crippen LogP) is 2.78. The highest BCUT2D eigenvalue weighted by molar-refractivity contribution is 5.37. The van der Waals surface area contributed by atoms with Crippen LogP contribution in [0.2, 0.25) is 0 Å². The normalized spacial score (nSPS) is 10.2. The first-order valence-electron chi connectivity index (χ1n) is 5.64. The number of methoxy groups -OCH3 is 1.